The van der Waals surface area contributed by atoms with Crippen LogP contribution in [0.1, 0.15) is 133 Å². The summed E-state index contributed by atoms with van der Waals surface area (Å²) in [6, 6.07) is 0. The minimum atomic E-state index is -4.45. The number of allylic oxidation sites excluding steroid dienone is 9. The van der Waals surface area contributed by atoms with Crippen molar-refractivity contribution in [1.82, 2.24) is 0 Å². The van der Waals surface area contributed by atoms with E-state index in [9.17, 15) is 24.2 Å². The number of rotatable bonds is 33. The lowest BCUT2D eigenvalue weighted by Gasteiger charge is -2.20. The average Bonchev–Trinajstić information content (AvgIpc) is 3.42. The number of carbonyl (C=O) groups excluding carboxylic acids is 2. The van der Waals surface area contributed by atoms with E-state index in [-0.39, 0.29) is 32.6 Å². The van der Waals surface area contributed by atoms with Gasteiger partial charge >= 0.3 is 19.8 Å². The Hall–Kier alpha value is -3.05. The van der Waals surface area contributed by atoms with E-state index in [0.717, 1.165) is 88.6 Å². The summed E-state index contributed by atoms with van der Waals surface area (Å²) in [5.74, 6) is 1.14. The van der Waals surface area contributed by atoms with Gasteiger partial charge in [-0.25, -0.2) is 4.57 Å². The summed E-state index contributed by atoms with van der Waals surface area (Å²) in [4.78, 5) is 34.9. The van der Waals surface area contributed by atoms with Crippen molar-refractivity contribution in [3.05, 3.63) is 83.4 Å². The summed E-state index contributed by atoms with van der Waals surface area (Å²) in [6.07, 6.45) is 31.5. The number of aryl methyl sites for hydroxylation is 2. The van der Waals surface area contributed by atoms with Gasteiger partial charge in [0.05, 0.1) is 19.3 Å². The molecule has 55 heavy (non-hydrogen) atoms. The van der Waals surface area contributed by atoms with Crippen molar-refractivity contribution in [2.24, 2.45) is 5.73 Å². The maximum atomic E-state index is 12.6. The molecule has 1 rings (SSSR count). The number of hydrogen-bond acceptors (Lipinski definition) is 10. The van der Waals surface area contributed by atoms with Gasteiger partial charge in [-0.05, 0) is 82.8 Å². The number of furan rings is 1. The van der Waals surface area contributed by atoms with Gasteiger partial charge in [0.15, 0.2) is 6.10 Å². The molecule has 2 unspecified atom stereocenters. The summed E-state index contributed by atoms with van der Waals surface area (Å²) in [6.45, 7) is 7.50. The van der Waals surface area contributed by atoms with E-state index >= 15 is 0 Å². The monoisotopic (exact) mass is 791 g/mol. The Balaban J connectivity index is 2.39. The van der Waals surface area contributed by atoms with Gasteiger partial charge in [0, 0.05) is 32.2 Å². The highest BCUT2D eigenvalue weighted by atomic mass is 31.2. The summed E-state index contributed by atoms with van der Waals surface area (Å²) in [7, 11) is -4.45. The van der Waals surface area contributed by atoms with Crippen LogP contribution in [0.5, 0.6) is 0 Å². The number of ether oxygens (including phenoxy) is 2. The van der Waals surface area contributed by atoms with E-state index in [0.29, 0.717) is 19.3 Å². The van der Waals surface area contributed by atoms with Crippen LogP contribution in [0.15, 0.2) is 65.2 Å². The Morgan fingerprint density at radius 3 is 2.02 bits per heavy atom. The molecular weight excluding hydrogens is 721 g/mol. The molecule has 1 aromatic heterocycles. The average molecular weight is 792 g/mol. The maximum Gasteiger partial charge on any atom is 0.472 e. The third-order valence-electron chi connectivity index (χ3n) is 8.69. The van der Waals surface area contributed by atoms with Crippen LogP contribution in [0, 0.1) is 13.8 Å². The predicted molar refractivity (Wildman–Crippen MR) is 220 cm³/mol. The largest absolute Gasteiger partial charge is 0.472 e. The number of aliphatic hydroxyl groups excluding tert-OH is 1. The van der Waals surface area contributed by atoms with E-state index in [1.807, 2.05) is 12.2 Å². The number of aliphatic hydroxyl groups is 1. The molecule has 4 N–H and O–H groups in total. The van der Waals surface area contributed by atoms with Gasteiger partial charge in [0.1, 0.15) is 18.1 Å². The number of nitrogens with two attached hydrogens (primary N) is 1. The Kier molecular flexibility index (Phi) is 29.1. The Morgan fingerprint density at radius 2 is 1.36 bits per heavy atom. The van der Waals surface area contributed by atoms with Gasteiger partial charge in [-0.15, -0.1) is 0 Å². The number of hydrogen-bond donors (Lipinski definition) is 3. The van der Waals surface area contributed by atoms with Gasteiger partial charge in [0.2, 0.25) is 0 Å². The van der Waals surface area contributed by atoms with E-state index < -0.39 is 38.6 Å². The molecule has 11 nitrogen and oxygen atoms in total. The molecule has 0 aliphatic rings. The van der Waals surface area contributed by atoms with Crippen LogP contribution in [0.25, 0.3) is 0 Å². The smallest absolute Gasteiger partial charge is 0.466 e. The fourth-order valence-corrected chi connectivity index (χ4v) is 6.24. The molecule has 0 spiro atoms. The quantitative estimate of drug-likeness (QED) is 0.0204. The normalized spacial score (nSPS) is 14.5. The molecule has 1 aromatic rings. The molecule has 12 heteroatoms. The van der Waals surface area contributed by atoms with Gasteiger partial charge in [0.25, 0.3) is 0 Å². The summed E-state index contributed by atoms with van der Waals surface area (Å²) >= 11 is 0. The minimum absolute atomic E-state index is 0.0126. The number of unbranched alkanes of at least 4 members (excludes halogenated alkanes) is 5. The minimum Gasteiger partial charge on any atom is -0.466 e. The molecule has 1 heterocycles. The van der Waals surface area contributed by atoms with E-state index in [4.69, 9.17) is 28.7 Å². The first-order valence-electron chi connectivity index (χ1n) is 20.2. The fraction of sp³-hybridized carbons (Fsp3) is 0.628. The third kappa shape index (κ3) is 26.4. The first-order valence-corrected chi connectivity index (χ1v) is 21.7. The van der Waals surface area contributed by atoms with Gasteiger partial charge < -0.3 is 29.6 Å². The summed E-state index contributed by atoms with van der Waals surface area (Å²) < 4.78 is 38.7. The highest BCUT2D eigenvalue weighted by Gasteiger charge is 2.26. The molecule has 0 fully saturated rings. The van der Waals surface area contributed by atoms with Crippen LogP contribution in [0.2, 0.25) is 0 Å². The molecule has 0 aliphatic carbocycles. The molecule has 0 radical (unpaired) electrons. The molecular formula is C43H70NO10P. The zero-order chi connectivity index (χ0) is 40.6. The lowest BCUT2D eigenvalue weighted by atomic mass is 10.0. The molecule has 0 saturated carbocycles. The van der Waals surface area contributed by atoms with Crippen LogP contribution >= 0.6 is 7.82 Å². The number of carbonyl (C=O) groups is 2. The van der Waals surface area contributed by atoms with Crippen molar-refractivity contribution in [2.45, 2.75) is 149 Å². The van der Waals surface area contributed by atoms with Crippen LogP contribution < -0.4 is 5.73 Å². The molecule has 3 atom stereocenters. The SMILES string of the molecule is CC/C=C\C/C=C\C/C=C\C/C=C\C=C\C(O)CCCC(=O)O[C@H](COC(=O)CCCCCCCCc1oc(CCC)c(C)c1C)COP(=O)(O)OCCN. The van der Waals surface area contributed by atoms with E-state index in [2.05, 4.69) is 64.2 Å². The first kappa shape index (κ1) is 50.0. The Bertz CT molecular complexity index is 1380. The zero-order valence-electron chi connectivity index (χ0n) is 34.0. The number of phosphoric ester groups is 1. The maximum absolute atomic E-state index is 12.6. The first-order chi connectivity index (χ1) is 26.5. The second kappa shape index (κ2) is 32.1. The van der Waals surface area contributed by atoms with E-state index in [1.54, 1.807) is 12.2 Å². The summed E-state index contributed by atoms with van der Waals surface area (Å²) in [5, 5.41) is 10.3. The zero-order valence-corrected chi connectivity index (χ0v) is 34.9. The molecule has 0 aromatic carbocycles. The van der Waals surface area contributed by atoms with Crippen LogP contribution in [0.3, 0.4) is 0 Å². The molecule has 0 saturated heterocycles. The van der Waals surface area contributed by atoms with Crippen molar-refractivity contribution < 1.29 is 47.1 Å². The second-order valence-corrected chi connectivity index (χ2v) is 15.0. The fourth-order valence-electron chi connectivity index (χ4n) is 5.47. The molecule has 0 bridgehead atoms. The van der Waals surface area contributed by atoms with Crippen molar-refractivity contribution in [1.29, 1.82) is 0 Å². The Labute approximate surface area is 330 Å². The topological polar surface area (TPSA) is 168 Å². The summed E-state index contributed by atoms with van der Waals surface area (Å²) in [5.41, 5.74) is 7.88. The predicted octanol–water partition coefficient (Wildman–Crippen LogP) is 9.56. The highest BCUT2D eigenvalue weighted by Crippen LogP contribution is 2.43. The lowest BCUT2D eigenvalue weighted by Crippen LogP contribution is -2.29. The van der Waals surface area contributed by atoms with Gasteiger partial charge in [-0.2, -0.15) is 0 Å². The van der Waals surface area contributed by atoms with Crippen molar-refractivity contribution in [3.8, 4) is 0 Å². The van der Waals surface area contributed by atoms with Crippen LogP contribution in [-0.4, -0.2) is 60.5 Å². The second-order valence-electron chi connectivity index (χ2n) is 13.6. The standard InChI is InChI=1S/C43H70NO10P/c1-5-7-8-9-10-11-12-13-14-15-16-19-22-27-38(45)28-25-31-43(47)53-39(35-52-55(48,49)51-33-32-44)34-50-42(46)30-24-21-18-17-20-23-29-41-37(4)36(3)40(54-41)26-6-2/h7-8,10-11,13-14,16,19,22,27,38-39,45H,5-6,9,12,15,17-18,20-21,23-26,28-35,44H2,1-4H3,(H,48,49)/b8-7-,11-10-,14-13-,19-16-,27-22+/t38?,39-/m1/s1. The van der Waals surface area contributed by atoms with E-state index in [1.165, 1.54) is 11.1 Å². The highest BCUT2D eigenvalue weighted by molar-refractivity contribution is 7.47. The van der Waals surface area contributed by atoms with Crippen molar-refractivity contribution >= 4 is 19.8 Å². The van der Waals surface area contributed by atoms with Gasteiger partial charge in [-0.3, -0.25) is 18.6 Å². The Morgan fingerprint density at radius 1 is 0.764 bits per heavy atom. The van der Waals surface area contributed by atoms with Gasteiger partial charge in [-0.1, -0.05) is 100 Å². The van der Waals surface area contributed by atoms with Crippen LogP contribution in [-0.2, 0) is 45.5 Å². The lowest BCUT2D eigenvalue weighted by molar-refractivity contribution is -0.161. The molecule has 0 amide bonds. The van der Waals surface area contributed by atoms with Crippen molar-refractivity contribution in [2.75, 3.05) is 26.4 Å². The van der Waals surface area contributed by atoms with Crippen molar-refractivity contribution in [3.63, 3.8) is 0 Å². The number of phosphoric acid groups is 1. The third-order valence-corrected chi connectivity index (χ3v) is 9.68. The molecule has 312 valence electrons. The van der Waals surface area contributed by atoms with Crippen LogP contribution in [0.4, 0.5) is 0 Å². The number of esters is 2. The molecule has 0 aliphatic heterocycles.